The average Bonchev–Trinajstić information content (AvgIpc) is 2.84. The largest absolute Gasteiger partial charge is 0.461 e. The van der Waals surface area contributed by atoms with Crippen molar-refractivity contribution in [2.45, 2.75) is 71.0 Å². The van der Waals surface area contributed by atoms with E-state index in [0.29, 0.717) is 0 Å². The van der Waals surface area contributed by atoms with Crippen LogP contribution in [0.5, 0.6) is 0 Å². The summed E-state index contributed by atoms with van der Waals surface area (Å²) in [6.07, 6.45) is 7.25. The molecule has 2 atom stereocenters. The molecule has 0 aromatic heterocycles. The Kier molecular flexibility index (Phi) is 8.96. The lowest BCUT2D eigenvalue weighted by molar-refractivity contribution is -0.211. The molecule has 0 aromatic carbocycles. The van der Waals surface area contributed by atoms with Crippen molar-refractivity contribution in [1.82, 2.24) is 0 Å². The van der Waals surface area contributed by atoms with Crippen molar-refractivity contribution in [3.05, 3.63) is 23.9 Å². The van der Waals surface area contributed by atoms with Crippen LogP contribution in [0, 0.1) is 5.92 Å². The first-order valence-corrected chi connectivity index (χ1v) is 8.83. The molecule has 7 heteroatoms. The number of unbranched alkanes of at least 4 members (excludes halogenated alkanes) is 4. The lowest BCUT2D eigenvalue weighted by atomic mass is 9.86. The van der Waals surface area contributed by atoms with E-state index in [1.54, 1.807) is 6.08 Å². The quantitative estimate of drug-likeness (QED) is 0.162. The van der Waals surface area contributed by atoms with Gasteiger partial charge in [-0.2, -0.15) is 0 Å². The molecule has 0 fully saturated rings. The number of hydrogen-bond donors (Lipinski definition) is 3. The summed E-state index contributed by atoms with van der Waals surface area (Å²) >= 11 is 0. The summed E-state index contributed by atoms with van der Waals surface area (Å²) in [4.78, 5) is 16.1. The van der Waals surface area contributed by atoms with Crippen molar-refractivity contribution >= 4 is 5.97 Å². The van der Waals surface area contributed by atoms with E-state index in [4.69, 9.17) is 14.7 Å². The summed E-state index contributed by atoms with van der Waals surface area (Å²) in [5.74, 6) is -1.56. The Morgan fingerprint density at radius 3 is 2.56 bits per heavy atom. The van der Waals surface area contributed by atoms with E-state index < -0.39 is 30.0 Å². The maximum atomic E-state index is 12.0. The predicted octanol–water partition coefficient (Wildman–Crippen LogP) is 2.88. The number of rotatable bonds is 12. The lowest BCUT2D eigenvalue weighted by Crippen LogP contribution is -2.48. The Balaban J connectivity index is 2.95. The minimum atomic E-state index is -1.59. The Morgan fingerprint density at radius 1 is 1.28 bits per heavy atom. The van der Waals surface area contributed by atoms with Crippen LogP contribution in [0.25, 0.3) is 0 Å². The maximum absolute atomic E-state index is 12.0. The summed E-state index contributed by atoms with van der Waals surface area (Å²) in [7, 11) is 0. The van der Waals surface area contributed by atoms with Gasteiger partial charge in [-0.15, -0.1) is 0 Å². The topological polar surface area (TPSA) is 105 Å². The third kappa shape index (κ3) is 5.45. The molecule has 1 heterocycles. The molecule has 0 saturated heterocycles. The van der Waals surface area contributed by atoms with Crippen molar-refractivity contribution < 1.29 is 34.6 Å². The molecular weight excluding hydrogens is 328 g/mol. The molecule has 0 unspecified atom stereocenters. The first kappa shape index (κ1) is 21.5. The molecule has 1 rings (SSSR count). The van der Waals surface area contributed by atoms with E-state index in [2.05, 4.69) is 11.8 Å². The number of carbonyl (C=O) groups excluding carboxylic acids is 1. The molecule has 25 heavy (non-hydrogen) atoms. The second kappa shape index (κ2) is 10.4. The van der Waals surface area contributed by atoms with Gasteiger partial charge in [0.25, 0.3) is 5.76 Å². The molecule has 0 spiro atoms. The standard InChI is InChI=1S/C18H30O7/c1-4-5-6-7-8-9-10-23-16-15(25-22)17(21)24-18(16,11-13(2)3)14(20)12-19/h9-10,13-14,19-20,22H,4-8,11-12H2,1-3H3/t14-,18+/m0/s1. The summed E-state index contributed by atoms with van der Waals surface area (Å²) in [5, 5.41) is 28.7. The van der Waals surface area contributed by atoms with Crippen LogP contribution < -0.4 is 0 Å². The monoisotopic (exact) mass is 358 g/mol. The van der Waals surface area contributed by atoms with Crippen molar-refractivity contribution in [2.75, 3.05) is 6.61 Å². The number of aliphatic hydroxyl groups excluding tert-OH is 2. The summed E-state index contributed by atoms with van der Waals surface area (Å²) < 4.78 is 10.8. The highest BCUT2D eigenvalue weighted by molar-refractivity contribution is 5.90. The van der Waals surface area contributed by atoms with Crippen molar-refractivity contribution in [3.8, 4) is 0 Å². The van der Waals surface area contributed by atoms with E-state index in [-0.39, 0.29) is 18.1 Å². The minimum Gasteiger partial charge on any atom is -0.461 e. The maximum Gasteiger partial charge on any atom is 0.382 e. The molecule has 0 radical (unpaired) electrons. The van der Waals surface area contributed by atoms with Gasteiger partial charge in [-0.1, -0.05) is 40.0 Å². The third-order valence-corrected chi connectivity index (χ3v) is 4.07. The molecule has 1 aliphatic heterocycles. The summed E-state index contributed by atoms with van der Waals surface area (Å²) in [6.45, 7) is 5.25. The van der Waals surface area contributed by atoms with Crippen LogP contribution in [-0.2, 0) is 19.2 Å². The number of ether oxygens (including phenoxy) is 2. The van der Waals surface area contributed by atoms with Gasteiger partial charge in [0.1, 0.15) is 6.10 Å². The van der Waals surface area contributed by atoms with Gasteiger partial charge >= 0.3 is 5.97 Å². The van der Waals surface area contributed by atoms with Crippen molar-refractivity contribution in [2.24, 2.45) is 5.92 Å². The van der Waals surface area contributed by atoms with Crippen LogP contribution in [0.3, 0.4) is 0 Å². The Hall–Kier alpha value is -1.57. The Labute approximate surface area is 148 Å². The van der Waals surface area contributed by atoms with E-state index >= 15 is 0 Å². The summed E-state index contributed by atoms with van der Waals surface area (Å²) in [5.41, 5.74) is -1.59. The molecule has 0 aromatic rings. The second-order valence-electron chi connectivity index (χ2n) is 6.66. The molecule has 0 aliphatic carbocycles. The first-order valence-electron chi connectivity index (χ1n) is 8.83. The first-order chi connectivity index (χ1) is 11.9. The number of aliphatic hydroxyl groups is 2. The van der Waals surface area contributed by atoms with E-state index in [1.807, 2.05) is 13.8 Å². The average molecular weight is 358 g/mol. The van der Waals surface area contributed by atoms with Crippen molar-refractivity contribution in [3.63, 3.8) is 0 Å². The highest BCUT2D eigenvalue weighted by Crippen LogP contribution is 2.41. The molecule has 0 bridgehead atoms. The van der Waals surface area contributed by atoms with Gasteiger partial charge in [0.05, 0.1) is 12.9 Å². The number of allylic oxidation sites excluding steroid dienone is 1. The van der Waals surface area contributed by atoms with Crippen LogP contribution in [0.4, 0.5) is 0 Å². The molecule has 0 amide bonds. The van der Waals surface area contributed by atoms with Gasteiger partial charge in [-0.05, 0) is 31.3 Å². The fraction of sp³-hybridized carbons (Fsp3) is 0.722. The van der Waals surface area contributed by atoms with Gasteiger partial charge < -0.3 is 24.6 Å². The predicted molar refractivity (Wildman–Crippen MR) is 91.1 cm³/mol. The minimum absolute atomic E-state index is 0.0173. The molecule has 144 valence electrons. The van der Waals surface area contributed by atoms with Crippen LogP contribution >= 0.6 is 0 Å². The zero-order chi connectivity index (χ0) is 18.9. The van der Waals surface area contributed by atoms with E-state index in [0.717, 1.165) is 25.7 Å². The normalized spacial score (nSPS) is 22.0. The molecule has 0 saturated carbocycles. The van der Waals surface area contributed by atoms with Gasteiger partial charge in [-0.25, -0.2) is 10.1 Å². The van der Waals surface area contributed by atoms with Gasteiger partial charge in [0, 0.05) is 0 Å². The fourth-order valence-corrected chi connectivity index (χ4v) is 2.89. The second-order valence-corrected chi connectivity index (χ2v) is 6.66. The highest BCUT2D eigenvalue weighted by Gasteiger charge is 2.56. The zero-order valence-corrected chi connectivity index (χ0v) is 15.2. The van der Waals surface area contributed by atoms with Gasteiger partial charge in [-0.3, -0.25) is 0 Å². The number of esters is 1. The van der Waals surface area contributed by atoms with Crippen LogP contribution in [0.1, 0.15) is 59.3 Å². The smallest absolute Gasteiger partial charge is 0.382 e. The molecule has 1 aliphatic rings. The third-order valence-electron chi connectivity index (χ3n) is 4.07. The molecule has 3 N–H and O–H groups in total. The number of cyclic esters (lactones) is 1. The molecular formula is C18H30O7. The van der Waals surface area contributed by atoms with E-state index in [1.165, 1.54) is 12.7 Å². The fourth-order valence-electron chi connectivity index (χ4n) is 2.89. The van der Waals surface area contributed by atoms with E-state index in [9.17, 15) is 15.0 Å². The van der Waals surface area contributed by atoms with Crippen LogP contribution in [0.15, 0.2) is 23.9 Å². The van der Waals surface area contributed by atoms with Crippen LogP contribution in [0.2, 0.25) is 0 Å². The molecule has 7 nitrogen and oxygen atoms in total. The van der Waals surface area contributed by atoms with Crippen LogP contribution in [-0.4, -0.2) is 39.8 Å². The Morgan fingerprint density at radius 2 is 2.00 bits per heavy atom. The van der Waals surface area contributed by atoms with Crippen molar-refractivity contribution in [1.29, 1.82) is 0 Å². The lowest BCUT2D eigenvalue weighted by Gasteiger charge is -2.34. The SMILES string of the molecule is CCCCCCC=COC1=C(OO)C(=O)O[C@]1(CC(C)C)[C@@H](O)CO. The van der Waals surface area contributed by atoms with Gasteiger partial charge in [0.2, 0.25) is 11.4 Å². The van der Waals surface area contributed by atoms with Gasteiger partial charge in [0.15, 0.2) is 0 Å². The zero-order valence-electron chi connectivity index (χ0n) is 15.2. The highest BCUT2D eigenvalue weighted by atomic mass is 17.1. The number of hydrogen-bond acceptors (Lipinski definition) is 7. The Bertz CT molecular complexity index is 484. The number of carbonyl (C=O) groups is 1. The summed E-state index contributed by atoms with van der Waals surface area (Å²) in [6, 6.07) is 0.